The highest BCUT2D eigenvalue weighted by Gasteiger charge is 2.12. The molecule has 0 amide bonds. The number of aromatic nitrogens is 2. The Morgan fingerprint density at radius 3 is 2.81 bits per heavy atom. The second kappa shape index (κ2) is 5.09. The van der Waals surface area contributed by atoms with Gasteiger partial charge in [-0.15, -0.1) is 11.3 Å². The van der Waals surface area contributed by atoms with Gasteiger partial charge in [-0.2, -0.15) is 0 Å². The van der Waals surface area contributed by atoms with E-state index in [2.05, 4.69) is 9.97 Å². The zero-order valence-electron chi connectivity index (χ0n) is 11.2. The first-order valence-corrected chi connectivity index (χ1v) is 9.11. The van der Waals surface area contributed by atoms with Crippen molar-refractivity contribution in [3.63, 3.8) is 0 Å². The minimum Gasteiger partial charge on any atom is -0.321 e. The Kier molecular flexibility index (Phi) is 3.38. The summed E-state index contributed by atoms with van der Waals surface area (Å²) in [5, 5.41) is 3.10. The molecule has 0 spiro atoms. The first-order valence-electron chi connectivity index (χ1n) is 6.17. The summed E-state index contributed by atoms with van der Waals surface area (Å²) in [6.45, 7) is 0. The van der Waals surface area contributed by atoms with Gasteiger partial charge in [0.25, 0.3) is 5.56 Å². The number of pyridine rings is 1. The van der Waals surface area contributed by atoms with Crippen molar-refractivity contribution in [2.45, 2.75) is 5.75 Å². The van der Waals surface area contributed by atoms with Crippen LogP contribution in [-0.4, -0.2) is 24.6 Å². The topological polar surface area (TPSA) is 79.9 Å². The van der Waals surface area contributed by atoms with Crippen LogP contribution in [0.2, 0.25) is 0 Å². The molecule has 0 aliphatic heterocycles. The normalized spacial score (nSPS) is 11.9. The minimum atomic E-state index is -3.13. The zero-order valence-corrected chi connectivity index (χ0v) is 12.8. The minimum absolute atomic E-state index is 0.108. The Balaban J connectivity index is 2.08. The van der Waals surface area contributed by atoms with Gasteiger partial charge in [0.05, 0.1) is 11.3 Å². The molecule has 0 saturated heterocycles. The van der Waals surface area contributed by atoms with E-state index in [-0.39, 0.29) is 11.3 Å². The highest BCUT2D eigenvalue weighted by atomic mass is 32.2. The summed E-state index contributed by atoms with van der Waals surface area (Å²) in [5.41, 5.74) is 1.48. The summed E-state index contributed by atoms with van der Waals surface area (Å²) in [4.78, 5) is 19.2. The number of rotatable bonds is 3. The summed E-state index contributed by atoms with van der Waals surface area (Å²) < 4.78 is 22.6. The standard InChI is InChI=1S/C14H12N2O3S2/c1-21(18,19)8-13-15-12(7-20-13)10-6-9-4-2-3-5-11(9)16-14(10)17/h2-7H,8H2,1H3,(H,16,17). The third-order valence-corrected chi connectivity index (χ3v) is 4.80. The van der Waals surface area contributed by atoms with Crippen LogP contribution < -0.4 is 5.56 Å². The van der Waals surface area contributed by atoms with Crippen LogP contribution in [0.4, 0.5) is 0 Å². The monoisotopic (exact) mass is 320 g/mol. The van der Waals surface area contributed by atoms with E-state index in [1.807, 2.05) is 24.3 Å². The van der Waals surface area contributed by atoms with Gasteiger partial charge in [0.2, 0.25) is 0 Å². The molecule has 0 bridgehead atoms. The van der Waals surface area contributed by atoms with E-state index in [1.165, 1.54) is 11.3 Å². The van der Waals surface area contributed by atoms with Crippen LogP contribution >= 0.6 is 11.3 Å². The lowest BCUT2D eigenvalue weighted by atomic mass is 10.1. The summed E-state index contributed by atoms with van der Waals surface area (Å²) >= 11 is 1.24. The van der Waals surface area contributed by atoms with Crippen LogP contribution in [0.3, 0.4) is 0 Å². The lowest BCUT2D eigenvalue weighted by molar-refractivity contribution is 0.601. The largest absolute Gasteiger partial charge is 0.321 e. The molecule has 0 radical (unpaired) electrons. The number of thiazole rings is 1. The van der Waals surface area contributed by atoms with Crippen molar-refractivity contribution in [3.05, 3.63) is 51.1 Å². The highest BCUT2D eigenvalue weighted by Crippen LogP contribution is 2.22. The number of sulfone groups is 1. The SMILES string of the molecule is CS(=O)(=O)Cc1nc(-c2cc3ccccc3[nH]c2=O)cs1. The maximum atomic E-state index is 12.1. The molecule has 0 fully saturated rings. The van der Waals surface area contributed by atoms with Crippen LogP contribution in [0, 0.1) is 0 Å². The molecular formula is C14H12N2O3S2. The predicted octanol–water partition coefficient (Wildman–Crippen LogP) is 2.20. The molecule has 0 saturated carbocycles. The molecule has 1 aromatic carbocycles. The first kappa shape index (κ1) is 14.0. The van der Waals surface area contributed by atoms with Gasteiger partial charge in [-0.05, 0) is 17.5 Å². The van der Waals surface area contributed by atoms with E-state index in [4.69, 9.17) is 0 Å². The molecule has 0 aliphatic carbocycles. The van der Waals surface area contributed by atoms with Crippen molar-refractivity contribution in [3.8, 4) is 11.3 Å². The van der Waals surface area contributed by atoms with Gasteiger partial charge >= 0.3 is 0 Å². The van der Waals surface area contributed by atoms with Crippen molar-refractivity contribution < 1.29 is 8.42 Å². The summed E-state index contributed by atoms with van der Waals surface area (Å²) in [7, 11) is -3.13. The van der Waals surface area contributed by atoms with Crippen LogP contribution in [-0.2, 0) is 15.6 Å². The number of para-hydroxylation sites is 1. The number of benzene rings is 1. The molecule has 3 aromatic rings. The summed E-state index contributed by atoms with van der Waals surface area (Å²) in [5.74, 6) is -0.108. The second-order valence-corrected chi connectivity index (χ2v) is 7.88. The van der Waals surface area contributed by atoms with Crippen molar-refractivity contribution >= 4 is 32.1 Å². The molecule has 5 nitrogen and oxygen atoms in total. The highest BCUT2D eigenvalue weighted by molar-refractivity contribution is 7.90. The average Bonchev–Trinajstić information content (AvgIpc) is 2.84. The Labute approximate surface area is 125 Å². The Hall–Kier alpha value is -1.99. The maximum absolute atomic E-state index is 12.1. The molecule has 3 rings (SSSR count). The summed E-state index contributed by atoms with van der Waals surface area (Å²) in [6, 6.07) is 9.24. The first-order chi connectivity index (χ1) is 9.92. The van der Waals surface area contributed by atoms with Gasteiger partial charge in [-0.1, -0.05) is 18.2 Å². The molecule has 1 N–H and O–H groups in total. The summed E-state index contributed by atoms with van der Waals surface area (Å²) in [6.07, 6.45) is 1.16. The zero-order chi connectivity index (χ0) is 15.0. The quantitative estimate of drug-likeness (QED) is 0.802. The number of hydrogen-bond donors (Lipinski definition) is 1. The molecular weight excluding hydrogens is 308 g/mol. The van der Waals surface area contributed by atoms with E-state index in [0.717, 1.165) is 17.2 Å². The Morgan fingerprint density at radius 1 is 1.29 bits per heavy atom. The number of H-pyrrole nitrogens is 1. The van der Waals surface area contributed by atoms with Crippen LogP contribution in [0.5, 0.6) is 0 Å². The van der Waals surface area contributed by atoms with E-state index in [0.29, 0.717) is 16.3 Å². The lowest BCUT2D eigenvalue weighted by Gasteiger charge is -2.00. The van der Waals surface area contributed by atoms with E-state index < -0.39 is 9.84 Å². The van der Waals surface area contributed by atoms with Gasteiger partial charge in [-0.3, -0.25) is 4.79 Å². The third kappa shape index (κ3) is 3.03. The molecule has 21 heavy (non-hydrogen) atoms. The predicted molar refractivity (Wildman–Crippen MR) is 84.2 cm³/mol. The molecule has 0 aliphatic rings. The Bertz CT molecular complexity index is 971. The van der Waals surface area contributed by atoms with Crippen molar-refractivity contribution in [1.82, 2.24) is 9.97 Å². The molecule has 2 aromatic heterocycles. The van der Waals surface area contributed by atoms with Crippen LogP contribution in [0.1, 0.15) is 5.01 Å². The fourth-order valence-corrected chi connectivity index (χ4v) is 4.07. The number of aromatic amines is 1. The van der Waals surface area contributed by atoms with Crippen molar-refractivity contribution in [1.29, 1.82) is 0 Å². The molecule has 108 valence electrons. The average molecular weight is 320 g/mol. The fraction of sp³-hybridized carbons (Fsp3) is 0.143. The second-order valence-electron chi connectivity index (χ2n) is 4.80. The van der Waals surface area contributed by atoms with Gasteiger partial charge in [0, 0.05) is 17.2 Å². The number of nitrogens with zero attached hydrogens (tertiary/aromatic N) is 1. The molecule has 2 heterocycles. The number of nitrogens with one attached hydrogen (secondary N) is 1. The molecule has 0 unspecified atom stereocenters. The van der Waals surface area contributed by atoms with Crippen LogP contribution in [0.15, 0.2) is 40.5 Å². The Morgan fingerprint density at radius 2 is 2.05 bits per heavy atom. The van der Waals surface area contributed by atoms with E-state index >= 15 is 0 Å². The smallest absolute Gasteiger partial charge is 0.257 e. The maximum Gasteiger partial charge on any atom is 0.257 e. The molecule has 0 atom stereocenters. The lowest BCUT2D eigenvalue weighted by Crippen LogP contribution is -2.09. The van der Waals surface area contributed by atoms with Gasteiger partial charge in [-0.25, -0.2) is 13.4 Å². The van der Waals surface area contributed by atoms with E-state index in [1.54, 1.807) is 11.4 Å². The van der Waals surface area contributed by atoms with Crippen molar-refractivity contribution in [2.24, 2.45) is 0 Å². The number of fused-ring (bicyclic) bond motifs is 1. The van der Waals surface area contributed by atoms with Crippen LogP contribution in [0.25, 0.3) is 22.2 Å². The molecule has 7 heteroatoms. The van der Waals surface area contributed by atoms with E-state index in [9.17, 15) is 13.2 Å². The van der Waals surface area contributed by atoms with Gasteiger partial charge in [0.1, 0.15) is 10.8 Å². The van der Waals surface area contributed by atoms with Gasteiger partial charge < -0.3 is 4.98 Å². The number of hydrogen-bond acceptors (Lipinski definition) is 5. The third-order valence-electron chi connectivity index (χ3n) is 2.97. The fourth-order valence-electron chi connectivity index (χ4n) is 2.06. The van der Waals surface area contributed by atoms with Crippen molar-refractivity contribution in [2.75, 3.05) is 6.26 Å². The van der Waals surface area contributed by atoms with Gasteiger partial charge in [0.15, 0.2) is 9.84 Å².